The monoisotopic (exact) mass is 608 g/mol. The molecule has 0 amide bonds. The fraction of sp³-hybridized carbons (Fsp3) is 0.316. The molecule has 1 aliphatic carbocycles. The lowest BCUT2D eigenvalue weighted by Gasteiger charge is -2.28. The second-order valence-corrected chi connectivity index (χ2v) is 11.6. The number of halogens is 1. The smallest absolute Gasteiger partial charge is 0.328 e. The molecule has 0 aromatic heterocycles. The van der Waals surface area contributed by atoms with Crippen molar-refractivity contribution in [1.82, 2.24) is 0 Å². The highest BCUT2D eigenvalue weighted by Gasteiger charge is 2.23. The molecular formula is C38H41FN2O4. The number of ether oxygens (including phenoxy) is 2. The number of nitrogens with one attached hydrogen (secondary N) is 1. The summed E-state index contributed by atoms with van der Waals surface area (Å²) in [5.74, 6) is 0.610. The number of esters is 1. The van der Waals surface area contributed by atoms with Gasteiger partial charge in [-0.1, -0.05) is 79.6 Å². The molecular weight excluding hydrogens is 567 g/mol. The van der Waals surface area contributed by atoms with Gasteiger partial charge in [0.15, 0.2) is 5.78 Å². The van der Waals surface area contributed by atoms with Crippen LogP contribution in [0, 0.1) is 11.7 Å². The van der Waals surface area contributed by atoms with Gasteiger partial charge in [0, 0.05) is 36.3 Å². The fourth-order valence-electron chi connectivity index (χ4n) is 6.00. The zero-order chi connectivity index (χ0) is 31.4. The lowest BCUT2D eigenvalue weighted by atomic mass is 10.00. The highest BCUT2D eigenvalue weighted by atomic mass is 19.1. The number of carbonyl (C=O) groups is 2. The predicted molar refractivity (Wildman–Crippen MR) is 177 cm³/mol. The van der Waals surface area contributed by atoms with Gasteiger partial charge in [0.25, 0.3) is 0 Å². The van der Waals surface area contributed by atoms with Crippen molar-refractivity contribution < 1.29 is 23.5 Å². The van der Waals surface area contributed by atoms with E-state index in [0.717, 1.165) is 30.8 Å². The first kappa shape index (κ1) is 31.8. The Hall–Kier alpha value is -4.65. The molecule has 1 aliphatic rings. The Morgan fingerprint density at radius 1 is 0.889 bits per heavy atom. The summed E-state index contributed by atoms with van der Waals surface area (Å²) < 4.78 is 25.7. The Bertz CT molecular complexity index is 1540. The highest BCUT2D eigenvalue weighted by molar-refractivity contribution is 6.12. The molecule has 234 valence electrons. The Kier molecular flexibility index (Phi) is 11.2. The molecule has 1 atom stereocenters. The lowest BCUT2D eigenvalue weighted by molar-refractivity contribution is -0.141. The molecule has 1 fully saturated rings. The van der Waals surface area contributed by atoms with Crippen LogP contribution in [0.1, 0.15) is 53.6 Å². The van der Waals surface area contributed by atoms with E-state index in [9.17, 15) is 14.0 Å². The molecule has 0 unspecified atom stereocenters. The number of para-hydroxylation sites is 2. The lowest BCUT2D eigenvalue weighted by Crippen LogP contribution is -2.33. The van der Waals surface area contributed by atoms with Gasteiger partial charge in [-0.2, -0.15) is 0 Å². The number of carbonyl (C=O) groups excluding carboxylic acids is 2. The van der Waals surface area contributed by atoms with E-state index in [4.69, 9.17) is 9.47 Å². The molecule has 1 saturated carbocycles. The van der Waals surface area contributed by atoms with Crippen molar-refractivity contribution in [2.45, 2.75) is 44.6 Å². The van der Waals surface area contributed by atoms with Crippen molar-refractivity contribution in [3.63, 3.8) is 0 Å². The number of benzene rings is 4. The molecule has 0 heterocycles. The normalized spacial score (nSPS) is 13.6. The van der Waals surface area contributed by atoms with Crippen LogP contribution in [-0.4, -0.2) is 44.6 Å². The topological polar surface area (TPSA) is 67.9 Å². The summed E-state index contributed by atoms with van der Waals surface area (Å²) in [7, 11) is 1.36. The van der Waals surface area contributed by atoms with Gasteiger partial charge in [0.1, 0.15) is 17.6 Å². The van der Waals surface area contributed by atoms with Gasteiger partial charge >= 0.3 is 5.97 Å². The highest BCUT2D eigenvalue weighted by Crippen LogP contribution is 2.29. The number of ketones is 1. The van der Waals surface area contributed by atoms with Gasteiger partial charge in [-0.25, -0.2) is 9.18 Å². The Balaban J connectivity index is 1.18. The van der Waals surface area contributed by atoms with Gasteiger partial charge in [-0.15, -0.1) is 0 Å². The van der Waals surface area contributed by atoms with Gasteiger partial charge in [-0.05, 0) is 67.1 Å². The molecule has 0 saturated heterocycles. The molecule has 0 bridgehead atoms. The van der Waals surface area contributed by atoms with E-state index in [0.29, 0.717) is 41.4 Å². The zero-order valence-electron chi connectivity index (χ0n) is 25.8. The van der Waals surface area contributed by atoms with Crippen molar-refractivity contribution in [3.05, 3.63) is 126 Å². The maximum atomic E-state index is 14.6. The van der Waals surface area contributed by atoms with Crippen LogP contribution in [-0.2, 0) is 16.0 Å². The average Bonchev–Trinajstić information content (AvgIpc) is 3.60. The van der Waals surface area contributed by atoms with Crippen molar-refractivity contribution in [1.29, 1.82) is 0 Å². The van der Waals surface area contributed by atoms with E-state index >= 15 is 0 Å². The van der Waals surface area contributed by atoms with Gasteiger partial charge in [-0.3, -0.25) is 4.79 Å². The van der Waals surface area contributed by atoms with Crippen LogP contribution in [0.2, 0.25) is 0 Å². The van der Waals surface area contributed by atoms with E-state index in [-0.39, 0.29) is 11.6 Å². The molecule has 7 heteroatoms. The maximum absolute atomic E-state index is 14.6. The number of rotatable bonds is 15. The SMILES string of the molecule is COC(=O)[C@H](Cc1ccc(OCCCN(CC2CCCC2)c2ccccc2F)cc1)Nc1ccccc1C(=O)c1ccccc1. The van der Waals surface area contributed by atoms with E-state index in [2.05, 4.69) is 10.2 Å². The van der Waals surface area contributed by atoms with Crippen LogP contribution in [0.5, 0.6) is 5.75 Å². The minimum absolute atomic E-state index is 0.126. The molecule has 45 heavy (non-hydrogen) atoms. The van der Waals surface area contributed by atoms with E-state index in [1.165, 1.54) is 38.9 Å². The first-order valence-electron chi connectivity index (χ1n) is 15.8. The van der Waals surface area contributed by atoms with Crippen LogP contribution in [0.25, 0.3) is 0 Å². The third-order valence-electron chi connectivity index (χ3n) is 8.37. The van der Waals surface area contributed by atoms with Crippen molar-refractivity contribution in [2.24, 2.45) is 5.92 Å². The number of hydrogen-bond acceptors (Lipinski definition) is 6. The Morgan fingerprint density at radius 3 is 2.31 bits per heavy atom. The number of nitrogens with zero attached hydrogens (tertiary/aromatic N) is 1. The molecule has 1 N–H and O–H groups in total. The number of methoxy groups -OCH3 is 1. The number of hydrogen-bond donors (Lipinski definition) is 1. The maximum Gasteiger partial charge on any atom is 0.328 e. The van der Waals surface area contributed by atoms with Gasteiger partial charge in [0.05, 0.1) is 19.4 Å². The summed E-state index contributed by atoms with van der Waals surface area (Å²) in [4.78, 5) is 28.2. The van der Waals surface area contributed by atoms with Crippen LogP contribution in [0.15, 0.2) is 103 Å². The Labute approximate surface area is 265 Å². The van der Waals surface area contributed by atoms with E-state index in [1.54, 1.807) is 36.4 Å². The van der Waals surface area contributed by atoms with Crippen molar-refractivity contribution in [3.8, 4) is 5.75 Å². The molecule has 4 aromatic rings. The first-order valence-corrected chi connectivity index (χ1v) is 15.8. The first-order chi connectivity index (χ1) is 22.0. The third-order valence-corrected chi connectivity index (χ3v) is 8.37. The second kappa shape index (κ2) is 15.9. The third kappa shape index (κ3) is 8.72. The second-order valence-electron chi connectivity index (χ2n) is 11.6. The van der Waals surface area contributed by atoms with E-state index in [1.807, 2.05) is 60.7 Å². The molecule has 4 aromatic carbocycles. The van der Waals surface area contributed by atoms with E-state index < -0.39 is 12.0 Å². The minimum atomic E-state index is -0.698. The fourth-order valence-corrected chi connectivity index (χ4v) is 6.00. The number of anilines is 2. The molecule has 6 nitrogen and oxygen atoms in total. The summed E-state index contributed by atoms with van der Waals surface area (Å²) in [6.45, 7) is 2.10. The summed E-state index contributed by atoms with van der Waals surface area (Å²) in [6.07, 6.45) is 6.05. The summed E-state index contributed by atoms with van der Waals surface area (Å²) >= 11 is 0. The Morgan fingerprint density at radius 2 is 1.58 bits per heavy atom. The molecule has 0 spiro atoms. The standard InChI is InChI=1S/C38H41FN2O4/c1-44-38(43)35(40-34-18-9-7-16-32(34)37(42)30-14-3-2-4-15-30)26-28-20-22-31(23-21-28)45-25-11-24-41(27-29-12-5-6-13-29)36-19-10-8-17-33(36)39/h2-4,7-10,14-23,29,35,40H,5-6,11-13,24-27H2,1H3/t35-/m0/s1. The van der Waals surface area contributed by atoms with Crippen molar-refractivity contribution in [2.75, 3.05) is 37.0 Å². The molecule has 5 rings (SSSR count). The van der Waals surface area contributed by atoms with Crippen LogP contribution >= 0.6 is 0 Å². The predicted octanol–water partition coefficient (Wildman–Crippen LogP) is 7.72. The minimum Gasteiger partial charge on any atom is -0.494 e. The zero-order valence-corrected chi connectivity index (χ0v) is 25.8. The summed E-state index contributed by atoms with van der Waals surface area (Å²) in [5, 5.41) is 3.25. The summed E-state index contributed by atoms with van der Waals surface area (Å²) in [6, 6.07) is 30.2. The average molecular weight is 609 g/mol. The van der Waals surface area contributed by atoms with Crippen molar-refractivity contribution >= 4 is 23.1 Å². The largest absolute Gasteiger partial charge is 0.494 e. The van der Waals surface area contributed by atoms with Gasteiger partial charge < -0.3 is 19.7 Å². The quantitative estimate of drug-likeness (QED) is 0.0847. The van der Waals surface area contributed by atoms with Crippen LogP contribution < -0.4 is 15.0 Å². The summed E-state index contributed by atoms with van der Waals surface area (Å²) in [5.41, 5.74) is 3.21. The van der Waals surface area contributed by atoms with Crippen LogP contribution in [0.3, 0.4) is 0 Å². The molecule has 0 aliphatic heterocycles. The van der Waals surface area contributed by atoms with Gasteiger partial charge in [0.2, 0.25) is 0 Å². The molecule has 0 radical (unpaired) electrons. The van der Waals surface area contributed by atoms with Crippen LogP contribution in [0.4, 0.5) is 15.8 Å².